The maximum absolute atomic E-state index is 6.06. The zero-order valence-electron chi connectivity index (χ0n) is 17.3. The predicted molar refractivity (Wildman–Crippen MR) is 131 cm³/mol. The number of allylic oxidation sites excluding steroid dienone is 1. The quantitative estimate of drug-likeness (QED) is 0.376. The van der Waals surface area contributed by atoms with Crippen LogP contribution in [0.15, 0.2) is 107 Å². The Hall–Kier alpha value is -2.89. The maximum atomic E-state index is 6.06. The van der Waals surface area contributed by atoms with Crippen LogP contribution in [0.3, 0.4) is 0 Å². The van der Waals surface area contributed by atoms with Gasteiger partial charge in [-0.2, -0.15) is 0 Å². The first-order chi connectivity index (χ1) is 14.8. The normalized spacial score (nSPS) is 14.5. The number of hydrogen-bond donors (Lipinski definition) is 0. The van der Waals surface area contributed by atoms with Gasteiger partial charge in [-0.05, 0) is 0 Å². The van der Waals surface area contributed by atoms with E-state index in [9.17, 15) is 0 Å². The molecule has 0 N–H and O–H groups in total. The van der Waals surface area contributed by atoms with Crippen LogP contribution in [0.4, 0.5) is 0 Å². The van der Waals surface area contributed by atoms with Gasteiger partial charge in [0.1, 0.15) is 0 Å². The second kappa shape index (κ2) is 8.09. The van der Waals surface area contributed by atoms with Crippen molar-refractivity contribution >= 4 is 29.3 Å². The van der Waals surface area contributed by atoms with Gasteiger partial charge in [0.25, 0.3) is 0 Å². The molecule has 0 fully saturated rings. The third kappa shape index (κ3) is 3.15. The van der Waals surface area contributed by atoms with Gasteiger partial charge in [0.05, 0.1) is 0 Å². The Labute approximate surface area is 179 Å². The summed E-state index contributed by atoms with van der Waals surface area (Å²) >= 11 is 0. The molecule has 0 unspecified atom stereocenters. The molecule has 0 spiro atoms. The van der Waals surface area contributed by atoms with E-state index in [0.717, 1.165) is 18.6 Å². The molecule has 1 aliphatic rings. The van der Waals surface area contributed by atoms with E-state index in [1.54, 1.807) is 0 Å². The van der Waals surface area contributed by atoms with Crippen molar-refractivity contribution in [2.75, 3.05) is 0 Å². The Bertz CT molecular complexity index is 1060. The van der Waals surface area contributed by atoms with Crippen LogP contribution in [0, 0.1) is 0 Å². The van der Waals surface area contributed by atoms with Crippen LogP contribution < -0.4 is 15.9 Å². The Morgan fingerprint density at radius 2 is 1.23 bits per heavy atom. The fourth-order valence-corrected chi connectivity index (χ4v) is 9.85. The summed E-state index contributed by atoms with van der Waals surface area (Å²) in [5.74, 6) is 1.06. The molecule has 1 aromatic heterocycles. The summed E-state index contributed by atoms with van der Waals surface area (Å²) < 4.78 is 6.06. The fraction of sp³-hybridized carbons (Fsp3) is 0.143. The monoisotopic (exact) mass is 410 g/mol. The molecule has 4 aromatic rings. The van der Waals surface area contributed by atoms with E-state index in [1.807, 2.05) is 6.26 Å². The molecule has 0 saturated carbocycles. The van der Waals surface area contributed by atoms with Crippen LogP contribution in [0.1, 0.15) is 30.2 Å². The SMILES string of the molecule is C/C(=C\c1occ2c1CCC2)[PH](c1ccccc1)(c1ccccc1)c1ccccc1. The van der Waals surface area contributed by atoms with Crippen LogP contribution in [0.25, 0.3) is 6.08 Å². The van der Waals surface area contributed by atoms with Crippen molar-refractivity contribution in [3.63, 3.8) is 0 Å². The second-order valence-corrected chi connectivity index (χ2v) is 12.2. The Kier molecular flexibility index (Phi) is 5.15. The first-order valence-corrected chi connectivity index (χ1v) is 12.7. The van der Waals surface area contributed by atoms with Crippen LogP contribution in [-0.2, 0) is 12.8 Å². The molecule has 0 saturated heterocycles. The van der Waals surface area contributed by atoms with E-state index in [4.69, 9.17) is 4.42 Å². The molecule has 0 atom stereocenters. The summed E-state index contributed by atoms with van der Waals surface area (Å²) in [6.07, 6.45) is 7.81. The van der Waals surface area contributed by atoms with E-state index >= 15 is 0 Å². The van der Waals surface area contributed by atoms with Gasteiger partial charge in [-0.3, -0.25) is 0 Å². The summed E-state index contributed by atoms with van der Waals surface area (Å²) in [7, 11) is -2.41. The van der Waals surface area contributed by atoms with E-state index in [1.165, 1.54) is 38.8 Å². The number of furan rings is 1. The number of fused-ring (bicyclic) bond motifs is 1. The zero-order valence-corrected chi connectivity index (χ0v) is 18.3. The molecule has 0 aliphatic heterocycles. The standard InChI is InChI=1S/C28H27OP/c1-22(20-28-27-19-11-12-23(27)21-29-28)30(24-13-5-2-6-14-24,25-15-7-3-8-16-25)26-17-9-4-10-18-26/h2-10,13-18,20-21,30H,11-12,19H2,1H3/b22-20+. The summed E-state index contributed by atoms with van der Waals surface area (Å²) in [5.41, 5.74) is 2.80. The van der Waals surface area contributed by atoms with Gasteiger partial charge < -0.3 is 0 Å². The van der Waals surface area contributed by atoms with E-state index < -0.39 is 7.26 Å². The molecule has 5 rings (SSSR count). The van der Waals surface area contributed by atoms with Gasteiger partial charge in [0.2, 0.25) is 0 Å². The van der Waals surface area contributed by atoms with Crippen LogP contribution in [-0.4, -0.2) is 0 Å². The molecule has 0 amide bonds. The zero-order chi connectivity index (χ0) is 20.4. The molecule has 150 valence electrons. The minimum absolute atomic E-state index is 1.06. The third-order valence-electron chi connectivity index (χ3n) is 6.45. The summed E-state index contributed by atoms with van der Waals surface area (Å²) in [5, 5.41) is 5.60. The van der Waals surface area contributed by atoms with Gasteiger partial charge in [0.15, 0.2) is 0 Å². The van der Waals surface area contributed by atoms with E-state index in [-0.39, 0.29) is 0 Å². The number of aryl methyl sites for hydroxylation is 1. The minimum atomic E-state index is -2.41. The average Bonchev–Trinajstić information content (AvgIpc) is 3.42. The molecular weight excluding hydrogens is 383 g/mol. The summed E-state index contributed by atoms with van der Waals surface area (Å²) in [4.78, 5) is 0. The first kappa shape index (κ1) is 19.1. The molecule has 2 heteroatoms. The average molecular weight is 410 g/mol. The number of benzene rings is 3. The van der Waals surface area contributed by atoms with Gasteiger partial charge in [0, 0.05) is 0 Å². The molecule has 30 heavy (non-hydrogen) atoms. The van der Waals surface area contributed by atoms with Crippen molar-refractivity contribution in [2.24, 2.45) is 0 Å². The predicted octanol–water partition coefficient (Wildman–Crippen LogP) is 5.86. The van der Waals surface area contributed by atoms with Gasteiger partial charge in [-0.1, -0.05) is 0 Å². The van der Waals surface area contributed by atoms with Crippen molar-refractivity contribution in [1.82, 2.24) is 0 Å². The van der Waals surface area contributed by atoms with Crippen LogP contribution in [0.5, 0.6) is 0 Å². The summed E-state index contributed by atoms with van der Waals surface area (Å²) in [6.45, 7) is 2.31. The second-order valence-electron chi connectivity index (χ2n) is 8.13. The van der Waals surface area contributed by atoms with E-state index in [0.29, 0.717) is 0 Å². The molecule has 0 bridgehead atoms. The molecule has 1 aliphatic carbocycles. The molecule has 0 radical (unpaired) electrons. The Balaban J connectivity index is 1.80. The van der Waals surface area contributed by atoms with Crippen LogP contribution in [0.2, 0.25) is 0 Å². The van der Waals surface area contributed by atoms with Crippen molar-refractivity contribution in [1.29, 1.82) is 0 Å². The Morgan fingerprint density at radius 3 is 1.73 bits per heavy atom. The first-order valence-electron chi connectivity index (χ1n) is 10.7. The number of hydrogen-bond acceptors (Lipinski definition) is 1. The summed E-state index contributed by atoms with van der Waals surface area (Å²) in [6, 6.07) is 33.1. The van der Waals surface area contributed by atoms with Gasteiger partial charge in [-0.15, -0.1) is 0 Å². The van der Waals surface area contributed by atoms with Crippen molar-refractivity contribution in [2.45, 2.75) is 26.2 Å². The van der Waals surface area contributed by atoms with Crippen LogP contribution >= 0.6 is 7.26 Å². The van der Waals surface area contributed by atoms with E-state index in [2.05, 4.69) is 104 Å². The Morgan fingerprint density at radius 1 is 0.733 bits per heavy atom. The topological polar surface area (TPSA) is 13.1 Å². The van der Waals surface area contributed by atoms with Gasteiger partial charge >= 0.3 is 179 Å². The molecule has 3 aromatic carbocycles. The van der Waals surface area contributed by atoms with Crippen molar-refractivity contribution in [3.05, 3.63) is 119 Å². The van der Waals surface area contributed by atoms with Gasteiger partial charge in [-0.25, -0.2) is 0 Å². The number of rotatable bonds is 5. The fourth-order valence-electron chi connectivity index (χ4n) is 5.06. The van der Waals surface area contributed by atoms with Crippen molar-refractivity contribution in [3.8, 4) is 0 Å². The van der Waals surface area contributed by atoms with Crippen molar-refractivity contribution < 1.29 is 4.42 Å². The molecule has 1 nitrogen and oxygen atoms in total. The third-order valence-corrected chi connectivity index (χ3v) is 11.4. The molecule has 1 heterocycles. The molecular formula is C28H27OP.